The van der Waals surface area contributed by atoms with Gasteiger partial charge >= 0.3 is 0 Å². The third-order valence-electron chi connectivity index (χ3n) is 2.09. The summed E-state index contributed by atoms with van der Waals surface area (Å²) in [6.07, 6.45) is -0.0105. The van der Waals surface area contributed by atoms with Gasteiger partial charge in [-0.25, -0.2) is 17.5 Å². The van der Waals surface area contributed by atoms with Crippen LogP contribution in [-0.4, -0.2) is 26.0 Å². The zero-order chi connectivity index (χ0) is 14.6. The number of nitrogens with one attached hydrogen (secondary N) is 1. The number of halogens is 3. The lowest BCUT2D eigenvalue weighted by molar-refractivity contribution is 0.317. The minimum absolute atomic E-state index is 0.0105. The molecule has 0 bridgehead atoms. The van der Waals surface area contributed by atoms with Crippen LogP contribution in [0.25, 0.3) is 0 Å². The number of nitrogens with zero attached hydrogens (tertiary/aromatic N) is 1. The molecule has 1 aromatic carbocycles. The van der Waals surface area contributed by atoms with Gasteiger partial charge in [-0.15, -0.1) is 0 Å². The van der Waals surface area contributed by atoms with Crippen molar-refractivity contribution in [3.8, 4) is 0 Å². The van der Waals surface area contributed by atoms with Crippen LogP contribution in [0.3, 0.4) is 0 Å². The monoisotopic (exact) mass is 329 g/mol. The molecule has 0 unspecified atom stereocenters. The summed E-state index contributed by atoms with van der Waals surface area (Å²) >= 11 is 11.1. The molecule has 10 heteroatoms. The molecule has 0 fully saturated rings. The fourth-order valence-corrected chi connectivity index (χ4v) is 2.93. The van der Waals surface area contributed by atoms with Crippen LogP contribution in [0.4, 0.5) is 4.39 Å². The van der Waals surface area contributed by atoms with Crippen LogP contribution < -0.4 is 10.5 Å². The summed E-state index contributed by atoms with van der Waals surface area (Å²) in [7, 11) is -4.01. The largest absolute Gasteiger partial charge is 0.409 e. The predicted octanol–water partition coefficient (Wildman–Crippen LogP) is 1.55. The summed E-state index contributed by atoms with van der Waals surface area (Å²) in [4.78, 5) is -0.435. The van der Waals surface area contributed by atoms with Crippen molar-refractivity contribution in [2.75, 3.05) is 6.54 Å². The van der Waals surface area contributed by atoms with E-state index >= 15 is 0 Å². The first-order chi connectivity index (χ1) is 8.79. The molecule has 0 heterocycles. The summed E-state index contributed by atoms with van der Waals surface area (Å²) in [5.41, 5.74) is 5.18. The number of hydrogen-bond donors (Lipinski definition) is 3. The molecule has 4 N–H and O–H groups in total. The van der Waals surface area contributed by atoms with Gasteiger partial charge in [0.05, 0.1) is 10.0 Å². The molecule has 0 aliphatic carbocycles. The van der Waals surface area contributed by atoms with Crippen LogP contribution in [0.2, 0.25) is 10.0 Å². The van der Waals surface area contributed by atoms with E-state index in [4.69, 9.17) is 34.1 Å². The Morgan fingerprint density at radius 3 is 2.68 bits per heavy atom. The maximum absolute atomic E-state index is 13.4. The zero-order valence-corrected chi connectivity index (χ0v) is 11.7. The maximum atomic E-state index is 13.4. The average Bonchev–Trinajstić information content (AvgIpc) is 2.35. The number of rotatable bonds is 5. The van der Waals surface area contributed by atoms with Crippen molar-refractivity contribution in [1.82, 2.24) is 4.72 Å². The molecular formula is C9H10Cl2FN3O3S. The van der Waals surface area contributed by atoms with Crippen molar-refractivity contribution in [1.29, 1.82) is 0 Å². The normalized spacial score (nSPS) is 12.7. The van der Waals surface area contributed by atoms with Crippen molar-refractivity contribution in [2.45, 2.75) is 11.3 Å². The molecule has 0 saturated heterocycles. The Balaban J connectivity index is 2.93. The van der Waals surface area contributed by atoms with Gasteiger partial charge in [0.25, 0.3) is 0 Å². The van der Waals surface area contributed by atoms with E-state index in [0.717, 1.165) is 12.1 Å². The molecule has 0 amide bonds. The van der Waals surface area contributed by atoms with Crippen LogP contribution >= 0.6 is 23.2 Å². The van der Waals surface area contributed by atoms with Crippen LogP contribution in [0.15, 0.2) is 22.2 Å². The SMILES string of the molecule is N/C(CCNS(=O)(=O)c1ccc(Cl)c(F)c1Cl)=N/O. The number of hydrogen-bond acceptors (Lipinski definition) is 4. The van der Waals surface area contributed by atoms with Crippen LogP contribution in [0.1, 0.15) is 6.42 Å². The Bertz CT molecular complexity index is 607. The minimum atomic E-state index is -4.01. The van der Waals surface area contributed by atoms with Gasteiger partial charge in [0.2, 0.25) is 10.0 Å². The van der Waals surface area contributed by atoms with Gasteiger partial charge in [-0.3, -0.25) is 0 Å². The Hall–Kier alpha value is -1.09. The molecule has 6 nitrogen and oxygen atoms in total. The lowest BCUT2D eigenvalue weighted by atomic mass is 10.3. The molecule has 0 spiro atoms. The molecule has 0 radical (unpaired) electrons. The number of amidine groups is 1. The van der Waals surface area contributed by atoms with Gasteiger partial charge in [-0.05, 0) is 12.1 Å². The van der Waals surface area contributed by atoms with Crippen molar-refractivity contribution < 1.29 is 18.0 Å². The summed E-state index contributed by atoms with van der Waals surface area (Å²) < 4.78 is 39.2. The molecule has 1 rings (SSSR count). The smallest absolute Gasteiger partial charge is 0.242 e. The van der Waals surface area contributed by atoms with Gasteiger partial charge in [-0.2, -0.15) is 0 Å². The van der Waals surface area contributed by atoms with Crippen molar-refractivity contribution in [3.05, 3.63) is 28.0 Å². The van der Waals surface area contributed by atoms with Crippen LogP contribution in [-0.2, 0) is 10.0 Å². The zero-order valence-electron chi connectivity index (χ0n) is 9.40. The fourth-order valence-electron chi connectivity index (χ4n) is 1.16. The Morgan fingerprint density at radius 1 is 1.47 bits per heavy atom. The molecule has 0 aliphatic heterocycles. The van der Waals surface area contributed by atoms with Gasteiger partial charge in [0, 0.05) is 13.0 Å². The number of nitrogens with two attached hydrogens (primary N) is 1. The van der Waals surface area contributed by atoms with Gasteiger partial charge in [0.1, 0.15) is 10.7 Å². The Labute approximate surface area is 119 Å². The minimum Gasteiger partial charge on any atom is -0.409 e. The highest BCUT2D eigenvalue weighted by molar-refractivity contribution is 7.89. The van der Waals surface area contributed by atoms with Crippen LogP contribution in [0, 0.1) is 5.82 Å². The first-order valence-corrected chi connectivity index (χ1v) is 7.13. The van der Waals surface area contributed by atoms with E-state index in [9.17, 15) is 12.8 Å². The molecule has 19 heavy (non-hydrogen) atoms. The van der Waals surface area contributed by atoms with Crippen molar-refractivity contribution in [2.24, 2.45) is 10.9 Å². The van der Waals surface area contributed by atoms with E-state index in [0.29, 0.717) is 0 Å². The van der Waals surface area contributed by atoms with E-state index in [1.54, 1.807) is 0 Å². The molecule has 0 aromatic heterocycles. The molecule has 0 atom stereocenters. The molecular weight excluding hydrogens is 320 g/mol. The van der Waals surface area contributed by atoms with Gasteiger partial charge in [0.15, 0.2) is 5.82 Å². The highest BCUT2D eigenvalue weighted by Gasteiger charge is 2.21. The van der Waals surface area contributed by atoms with Crippen molar-refractivity contribution >= 4 is 39.1 Å². The lowest BCUT2D eigenvalue weighted by Crippen LogP contribution is -2.28. The lowest BCUT2D eigenvalue weighted by Gasteiger charge is -2.09. The Kier molecular flexibility index (Phi) is 5.36. The van der Waals surface area contributed by atoms with Crippen LogP contribution in [0.5, 0.6) is 0 Å². The number of benzene rings is 1. The topological polar surface area (TPSA) is 105 Å². The molecule has 0 aliphatic rings. The predicted molar refractivity (Wildman–Crippen MR) is 69.6 cm³/mol. The number of oxime groups is 1. The molecule has 1 aromatic rings. The van der Waals surface area contributed by atoms with E-state index in [2.05, 4.69) is 9.88 Å². The van der Waals surface area contributed by atoms with E-state index < -0.39 is 25.8 Å². The first kappa shape index (κ1) is 16.0. The second-order valence-corrected chi connectivity index (χ2v) is 5.93. The summed E-state index contributed by atoms with van der Waals surface area (Å²) in [5, 5.41) is 10.1. The van der Waals surface area contributed by atoms with Gasteiger partial charge in [-0.1, -0.05) is 28.4 Å². The quantitative estimate of drug-likeness (QED) is 0.250. The summed E-state index contributed by atoms with van der Waals surface area (Å²) in [6, 6.07) is 2.17. The fraction of sp³-hybridized carbons (Fsp3) is 0.222. The standard InChI is InChI=1S/C9H10Cl2FN3O3S/c10-5-1-2-6(8(11)9(5)12)19(17,18)14-4-3-7(13)15-16/h1-2,14,16H,3-4H2,(H2,13,15). The van der Waals surface area contributed by atoms with Crippen molar-refractivity contribution in [3.63, 3.8) is 0 Å². The maximum Gasteiger partial charge on any atom is 0.242 e. The average molecular weight is 330 g/mol. The van der Waals surface area contributed by atoms with E-state index in [1.807, 2.05) is 0 Å². The van der Waals surface area contributed by atoms with E-state index in [-0.39, 0.29) is 23.8 Å². The summed E-state index contributed by atoms with van der Waals surface area (Å²) in [5.74, 6) is -1.15. The van der Waals surface area contributed by atoms with Gasteiger partial charge < -0.3 is 10.9 Å². The highest BCUT2D eigenvalue weighted by Crippen LogP contribution is 2.29. The van der Waals surface area contributed by atoms with E-state index in [1.165, 1.54) is 0 Å². The number of sulfonamides is 1. The third kappa shape index (κ3) is 3.93. The summed E-state index contributed by atoms with van der Waals surface area (Å²) in [6.45, 7) is -0.126. The highest BCUT2D eigenvalue weighted by atomic mass is 35.5. The first-order valence-electron chi connectivity index (χ1n) is 4.89. The Morgan fingerprint density at radius 2 is 2.11 bits per heavy atom. The molecule has 0 saturated carbocycles. The second kappa shape index (κ2) is 6.38. The molecule has 106 valence electrons. The third-order valence-corrected chi connectivity index (χ3v) is 4.37. The second-order valence-electron chi connectivity index (χ2n) is 3.41.